The molecule has 0 radical (unpaired) electrons. The van der Waals surface area contributed by atoms with Gasteiger partial charge < -0.3 is 0 Å². The first kappa shape index (κ1) is 9.50. The molecule has 0 aliphatic heterocycles. The summed E-state index contributed by atoms with van der Waals surface area (Å²) in [6.45, 7) is 0. The SMILES string of the molecule is CNS(=O)(=O)c1cnn(C)c1Cl. The Morgan fingerprint density at radius 1 is 1.67 bits per heavy atom. The molecule has 0 saturated heterocycles. The fraction of sp³-hybridized carbons (Fsp3) is 0.400. The van der Waals surface area contributed by atoms with Crippen molar-refractivity contribution in [3.63, 3.8) is 0 Å². The van der Waals surface area contributed by atoms with Crippen LogP contribution in [0.15, 0.2) is 11.1 Å². The molecule has 0 fully saturated rings. The third-order valence-corrected chi connectivity index (χ3v) is 3.37. The van der Waals surface area contributed by atoms with Crippen LogP contribution < -0.4 is 4.72 Å². The number of nitrogens with one attached hydrogen (secondary N) is 1. The van der Waals surface area contributed by atoms with Crippen molar-refractivity contribution in [2.75, 3.05) is 7.05 Å². The molecule has 0 aliphatic rings. The highest BCUT2D eigenvalue weighted by Gasteiger charge is 2.18. The summed E-state index contributed by atoms with van der Waals surface area (Å²) < 4.78 is 25.8. The van der Waals surface area contributed by atoms with Gasteiger partial charge in [-0.3, -0.25) is 4.68 Å². The smallest absolute Gasteiger partial charge is 0.244 e. The van der Waals surface area contributed by atoms with Crippen LogP contribution in [0.3, 0.4) is 0 Å². The van der Waals surface area contributed by atoms with Gasteiger partial charge in [0.05, 0.1) is 6.20 Å². The van der Waals surface area contributed by atoms with Gasteiger partial charge in [0, 0.05) is 7.05 Å². The molecule has 7 heteroatoms. The van der Waals surface area contributed by atoms with Crippen molar-refractivity contribution in [2.45, 2.75) is 4.90 Å². The van der Waals surface area contributed by atoms with E-state index in [-0.39, 0.29) is 10.0 Å². The van der Waals surface area contributed by atoms with Gasteiger partial charge in [-0.25, -0.2) is 13.1 Å². The Labute approximate surface area is 75.4 Å². The van der Waals surface area contributed by atoms with Crippen molar-refractivity contribution >= 4 is 21.6 Å². The normalized spacial score (nSPS) is 11.9. The van der Waals surface area contributed by atoms with Gasteiger partial charge in [0.15, 0.2) is 0 Å². The molecule has 1 aromatic heterocycles. The lowest BCUT2D eigenvalue weighted by atomic mass is 10.7. The minimum Gasteiger partial charge on any atom is -0.256 e. The number of nitrogens with zero attached hydrogens (tertiary/aromatic N) is 2. The number of hydrogen-bond donors (Lipinski definition) is 1. The van der Waals surface area contributed by atoms with Gasteiger partial charge in [-0.2, -0.15) is 5.10 Å². The molecular weight excluding hydrogens is 202 g/mol. The zero-order chi connectivity index (χ0) is 9.35. The van der Waals surface area contributed by atoms with Crippen LogP contribution in [-0.2, 0) is 17.1 Å². The van der Waals surface area contributed by atoms with Crippen LogP contribution in [0.2, 0.25) is 5.15 Å². The highest BCUT2D eigenvalue weighted by molar-refractivity contribution is 7.89. The van der Waals surface area contributed by atoms with Gasteiger partial charge in [0.1, 0.15) is 10.0 Å². The summed E-state index contributed by atoms with van der Waals surface area (Å²) in [5.74, 6) is 0. The third kappa shape index (κ3) is 1.45. The van der Waals surface area contributed by atoms with Gasteiger partial charge in [0.25, 0.3) is 0 Å². The molecule has 1 aromatic rings. The van der Waals surface area contributed by atoms with E-state index in [4.69, 9.17) is 11.6 Å². The van der Waals surface area contributed by atoms with E-state index >= 15 is 0 Å². The number of aryl methyl sites for hydroxylation is 1. The van der Waals surface area contributed by atoms with E-state index in [0.29, 0.717) is 0 Å². The quantitative estimate of drug-likeness (QED) is 0.745. The summed E-state index contributed by atoms with van der Waals surface area (Å²) in [5.41, 5.74) is 0. The molecule has 0 aromatic carbocycles. The fourth-order valence-electron chi connectivity index (χ4n) is 0.693. The maximum atomic E-state index is 11.2. The Hall–Kier alpha value is -0.590. The minimum absolute atomic E-state index is 0.00540. The lowest BCUT2D eigenvalue weighted by Gasteiger charge is -1.98. The molecule has 0 atom stereocenters. The Morgan fingerprint density at radius 2 is 2.25 bits per heavy atom. The van der Waals surface area contributed by atoms with Crippen LogP contribution in [0.1, 0.15) is 0 Å². The predicted octanol–water partition coefficient (Wildman–Crippen LogP) is -0.0184. The van der Waals surface area contributed by atoms with E-state index < -0.39 is 10.0 Å². The van der Waals surface area contributed by atoms with Crippen LogP contribution in [0.5, 0.6) is 0 Å². The van der Waals surface area contributed by atoms with Gasteiger partial charge in [-0.05, 0) is 7.05 Å². The maximum Gasteiger partial charge on any atom is 0.244 e. The largest absolute Gasteiger partial charge is 0.256 e. The lowest BCUT2D eigenvalue weighted by molar-refractivity contribution is 0.588. The monoisotopic (exact) mass is 209 g/mol. The molecular formula is C5H8ClN3O2S. The molecule has 0 aliphatic carbocycles. The third-order valence-electron chi connectivity index (χ3n) is 1.39. The van der Waals surface area contributed by atoms with E-state index in [0.717, 1.165) is 0 Å². The van der Waals surface area contributed by atoms with E-state index in [2.05, 4.69) is 9.82 Å². The number of sulfonamides is 1. The summed E-state index contributed by atoms with van der Waals surface area (Å²) in [7, 11) is -0.589. The summed E-state index contributed by atoms with van der Waals surface area (Å²) in [4.78, 5) is -0.00540. The lowest BCUT2D eigenvalue weighted by Crippen LogP contribution is -2.18. The molecule has 5 nitrogen and oxygen atoms in total. The first-order valence-corrected chi connectivity index (χ1v) is 4.96. The highest BCUT2D eigenvalue weighted by atomic mass is 35.5. The summed E-state index contributed by atoms with van der Waals surface area (Å²) in [6.07, 6.45) is 1.20. The molecule has 1 rings (SSSR count). The Kier molecular flexibility index (Phi) is 2.41. The molecule has 68 valence electrons. The topological polar surface area (TPSA) is 64.0 Å². The van der Waals surface area contributed by atoms with Crippen LogP contribution in [-0.4, -0.2) is 25.2 Å². The van der Waals surface area contributed by atoms with Gasteiger partial charge in [-0.1, -0.05) is 11.6 Å². The molecule has 0 bridgehead atoms. The predicted molar refractivity (Wildman–Crippen MR) is 44.5 cm³/mol. The number of hydrogen-bond acceptors (Lipinski definition) is 3. The van der Waals surface area contributed by atoms with Crippen LogP contribution in [0.4, 0.5) is 0 Å². The molecule has 1 heterocycles. The second-order valence-corrected chi connectivity index (χ2v) is 4.34. The van der Waals surface area contributed by atoms with Crippen LogP contribution in [0.25, 0.3) is 0 Å². The summed E-state index contributed by atoms with van der Waals surface area (Å²) in [6, 6.07) is 0. The van der Waals surface area contributed by atoms with E-state index in [9.17, 15) is 8.42 Å². The number of aromatic nitrogens is 2. The van der Waals surface area contributed by atoms with Gasteiger partial charge >= 0.3 is 0 Å². The second kappa shape index (κ2) is 3.04. The standard InChI is InChI=1S/C5H8ClN3O2S/c1-7-12(10,11)4-3-8-9(2)5(4)6/h3,7H,1-2H3. The second-order valence-electron chi connectivity index (χ2n) is 2.13. The maximum absolute atomic E-state index is 11.2. The zero-order valence-electron chi connectivity index (χ0n) is 6.57. The van der Waals surface area contributed by atoms with Crippen molar-refractivity contribution in [2.24, 2.45) is 7.05 Å². The summed E-state index contributed by atoms with van der Waals surface area (Å²) in [5, 5.41) is 3.80. The Bertz CT molecular complexity index is 383. The van der Waals surface area contributed by atoms with Gasteiger partial charge in [-0.15, -0.1) is 0 Å². The first-order chi connectivity index (χ1) is 5.49. The summed E-state index contributed by atoms with van der Waals surface area (Å²) >= 11 is 5.65. The van der Waals surface area contributed by atoms with E-state index in [1.807, 2.05) is 0 Å². The Balaban J connectivity index is 3.30. The van der Waals surface area contributed by atoms with E-state index in [1.165, 1.54) is 17.9 Å². The van der Waals surface area contributed by atoms with Crippen molar-refractivity contribution in [1.29, 1.82) is 0 Å². The minimum atomic E-state index is -3.47. The highest BCUT2D eigenvalue weighted by Crippen LogP contribution is 2.18. The van der Waals surface area contributed by atoms with Crippen molar-refractivity contribution < 1.29 is 8.42 Å². The first-order valence-electron chi connectivity index (χ1n) is 3.10. The van der Waals surface area contributed by atoms with Crippen LogP contribution >= 0.6 is 11.6 Å². The average Bonchev–Trinajstić information content (AvgIpc) is 2.33. The number of rotatable bonds is 2. The molecule has 0 saturated carbocycles. The zero-order valence-corrected chi connectivity index (χ0v) is 8.15. The van der Waals surface area contributed by atoms with Gasteiger partial charge in [0.2, 0.25) is 10.0 Å². The number of halogens is 1. The molecule has 0 amide bonds. The fourth-order valence-corrected chi connectivity index (χ4v) is 1.85. The van der Waals surface area contributed by atoms with E-state index in [1.54, 1.807) is 7.05 Å². The van der Waals surface area contributed by atoms with Crippen molar-refractivity contribution in [3.8, 4) is 0 Å². The Morgan fingerprint density at radius 3 is 2.58 bits per heavy atom. The van der Waals surface area contributed by atoms with Crippen molar-refractivity contribution in [1.82, 2.24) is 14.5 Å². The van der Waals surface area contributed by atoms with Crippen LogP contribution in [0, 0.1) is 0 Å². The molecule has 0 spiro atoms. The van der Waals surface area contributed by atoms with Crippen molar-refractivity contribution in [3.05, 3.63) is 11.3 Å². The average molecular weight is 210 g/mol. The molecule has 0 unspecified atom stereocenters. The molecule has 12 heavy (non-hydrogen) atoms. The molecule has 1 N–H and O–H groups in total.